The van der Waals surface area contributed by atoms with E-state index in [1.54, 1.807) is 0 Å². The summed E-state index contributed by atoms with van der Waals surface area (Å²) in [5.74, 6) is -0.196. The van der Waals surface area contributed by atoms with Crippen LogP contribution in [0.5, 0.6) is 0 Å². The first-order chi connectivity index (χ1) is 6.58. The van der Waals surface area contributed by atoms with E-state index in [0.29, 0.717) is 19.3 Å². The predicted octanol–water partition coefficient (Wildman–Crippen LogP) is 0.664. The molecular weight excluding hydrogens is 182 g/mol. The number of carbonyl (C=O) groups excluding carboxylic acids is 1. The zero-order chi connectivity index (χ0) is 10.2. The fraction of sp³-hybridized carbons (Fsp3) is 0.900. The molecule has 80 valence electrons. The Bertz CT molecular complexity index is 240. The van der Waals surface area contributed by atoms with E-state index in [9.17, 15) is 4.79 Å². The Morgan fingerprint density at radius 3 is 2.57 bits per heavy atom. The van der Waals surface area contributed by atoms with Crippen molar-refractivity contribution in [3.63, 3.8) is 0 Å². The van der Waals surface area contributed by atoms with Gasteiger partial charge in [-0.3, -0.25) is 4.79 Å². The molecule has 2 aliphatic rings. The molecule has 1 N–H and O–H groups in total. The molecule has 1 amide bonds. The SMILES string of the molecule is CC1(C)OCC[C@@H]2C(=O)N[C@@H]2CCO1. The van der Waals surface area contributed by atoms with Gasteiger partial charge in [0.25, 0.3) is 0 Å². The second kappa shape index (κ2) is 3.51. The molecule has 0 unspecified atom stereocenters. The van der Waals surface area contributed by atoms with Crippen LogP contribution in [0.25, 0.3) is 0 Å². The molecule has 0 saturated carbocycles. The summed E-state index contributed by atoms with van der Waals surface area (Å²) in [5, 5.41) is 2.89. The van der Waals surface area contributed by atoms with Crippen LogP contribution in [-0.2, 0) is 14.3 Å². The number of nitrogens with one attached hydrogen (secondary N) is 1. The molecule has 4 heteroatoms. The number of β-lactam (4-membered cyclic amide) rings is 1. The standard InChI is InChI=1S/C10H17NO3/c1-10(2)13-5-3-7-8(4-6-14-10)11-9(7)12/h7-8H,3-6H2,1-2H3,(H,11,12)/t7-,8+/m0/s1. The fourth-order valence-corrected chi connectivity index (χ4v) is 1.99. The van der Waals surface area contributed by atoms with Crippen LogP contribution < -0.4 is 5.32 Å². The van der Waals surface area contributed by atoms with Crippen LogP contribution in [0.3, 0.4) is 0 Å². The number of fused-ring (bicyclic) bond motifs is 1. The van der Waals surface area contributed by atoms with Gasteiger partial charge in [0.2, 0.25) is 5.91 Å². The average Bonchev–Trinajstić information content (AvgIpc) is 2.15. The lowest BCUT2D eigenvalue weighted by molar-refractivity contribution is -0.211. The second-order valence-corrected chi connectivity index (χ2v) is 4.40. The molecule has 2 heterocycles. The van der Waals surface area contributed by atoms with Crippen LogP contribution in [0, 0.1) is 5.92 Å². The number of rotatable bonds is 0. The zero-order valence-corrected chi connectivity index (χ0v) is 8.71. The molecule has 0 radical (unpaired) electrons. The summed E-state index contributed by atoms with van der Waals surface area (Å²) in [4.78, 5) is 11.2. The van der Waals surface area contributed by atoms with Gasteiger partial charge in [-0.05, 0) is 26.7 Å². The maximum absolute atomic E-state index is 11.2. The van der Waals surface area contributed by atoms with E-state index in [4.69, 9.17) is 9.47 Å². The summed E-state index contributed by atoms with van der Waals surface area (Å²) < 4.78 is 11.1. The van der Waals surface area contributed by atoms with E-state index in [1.165, 1.54) is 0 Å². The van der Waals surface area contributed by atoms with Gasteiger partial charge in [-0.25, -0.2) is 0 Å². The van der Waals surface area contributed by atoms with Gasteiger partial charge in [0.1, 0.15) is 0 Å². The zero-order valence-electron chi connectivity index (χ0n) is 8.71. The molecule has 4 nitrogen and oxygen atoms in total. The van der Waals surface area contributed by atoms with Crippen LogP contribution in [0.1, 0.15) is 26.7 Å². The number of amides is 1. The second-order valence-electron chi connectivity index (χ2n) is 4.40. The summed E-state index contributed by atoms with van der Waals surface area (Å²) in [6.45, 7) is 5.07. The van der Waals surface area contributed by atoms with Crippen molar-refractivity contribution >= 4 is 5.91 Å². The van der Waals surface area contributed by atoms with Gasteiger partial charge in [0.05, 0.1) is 19.1 Å². The Morgan fingerprint density at radius 2 is 1.93 bits per heavy atom. The third-order valence-electron chi connectivity index (χ3n) is 2.91. The van der Waals surface area contributed by atoms with Crippen molar-refractivity contribution in [2.24, 2.45) is 5.92 Å². The maximum Gasteiger partial charge on any atom is 0.225 e. The molecule has 2 fully saturated rings. The summed E-state index contributed by atoms with van der Waals surface area (Å²) in [5.41, 5.74) is 0. The lowest BCUT2D eigenvalue weighted by Crippen LogP contribution is -2.58. The smallest absolute Gasteiger partial charge is 0.225 e. The molecule has 2 aliphatic heterocycles. The van der Waals surface area contributed by atoms with E-state index in [2.05, 4.69) is 5.32 Å². The van der Waals surface area contributed by atoms with Crippen molar-refractivity contribution in [3.8, 4) is 0 Å². The van der Waals surface area contributed by atoms with Crippen molar-refractivity contribution in [1.29, 1.82) is 0 Å². The van der Waals surface area contributed by atoms with E-state index in [-0.39, 0.29) is 11.8 Å². The molecule has 2 atom stereocenters. The van der Waals surface area contributed by atoms with Crippen molar-refractivity contribution in [2.45, 2.75) is 38.5 Å². The lowest BCUT2D eigenvalue weighted by atomic mass is 9.86. The third-order valence-corrected chi connectivity index (χ3v) is 2.91. The highest BCUT2D eigenvalue weighted by Crippen LogP contribution is 2.25. The van der Waals surface area contributed by atoms with E-state index in [1.807, 2.05) is 13.8 Å². The molecule has 0 spiro atoms. The van der Waals surface area contributed by atoms with Gasteiger partial charge in [-0.15, -0.1) is 0 Å². The molecule has 0 aromatic carbocycles. The minimum absolute atomic E-state index is 0.146. The number of hydrogen-bond donors (Lipinski definition) is 1. The average molecular weight is 199 g/mol. The maximum atomic E-state index is 11.2. The highest BCUT2D eigenvalue weighted by Gasteiger charge is 2.39. The third kappa shape index (κ3) is 1.91. The van der Waals surface area contributed by atoms with Crippen LogP contribution >= 0.6 is 0 Å². The Morgan fingerprint density at radius 1 is 1.29 bits per heavy atom. The van der Waals surface area contributed by atoms with Crippen LogP contribution in [0.4, 0.5) is 0 Å². The predicted molar refractivity (Wildman–Crippen MR) is 50.6 cm³/mol. The van der Waals surface area contributed by atoms with E-state index >= 15 is 0 Å². The van der Waals surface area contributed by atoms with E-state index in [0.717, 1.165) is 12.8 Å². The number of ether oxygens (including phenoxy) is 2. The van der Waals surface area contributed by atoms with Crippen molar-refractivity contribution in [2.75, 3.05) is 13.2 Å². The van der Waals surface area contributed by atoms with Crippen LogP contribution in [0.2, 0.25) is 0 Å². The largest absolute Gasteiger partial charge is 0.352 e. The fourth-order valence-electron chi connectivity index (χ4n) is 1.99. The number of carbonyl (C=O) groups is 1. The van der Waals surface area contributed by atoms with Gasteiger partial charge in [-0.2, -0.15) is 0 Å². The van der Waals surface area contributed by atoms with Gasteiger partial charge >= 0.3 is 0 Å². The summed E-state index contributed by atoms with van der Waals surface area (Å²) in [6, 6.07) is 0.306. The lowest BCUT2D eigenvalue weighted by Gasteiger charge is -2.36. The summed E-state index contributed by atoms with van der Waals surface area (Å²) in [6.07, 6.45) is 1.70. The summed E-state index contributed by atoms with van der Waals surface area (Å²) >= 11 is 0. The van der Waals surface area contributed by atoms with Gasteiger partial charge < -0.3 is 14.8 Å². The molecule has 0 aliphatic carbocycles. The van der Waals surface area contributed by atoms with Gasteiger partial charge in [0, 0.05) is 6.04 Å². The molecular formula is C10H17NO3. The van der Waals surface area contributed by atoms with Crippen LogP contribution in [-0.4, -0.2) is 30.9 Å². The van der Waals surface area contributed by atoms with Crippen molar-refractivity contribution < 1.29 is 14.3 Å². The molecule has 0 bridgehead atoms. The Labute approximate surface area is 84.0 Å². The van der Waals surface area contributed by atoms with Crippen molar-refractivity contribution in [3.05, 3.63) is 0 Å². The molecule has 0 aromatic rings. The quantitative estimate of drug-likeness (QED) is 0.583. The molecule has 0 aromatic heterocycles. The normalized spacial score (nSPS) is 36.9. The Kier molecular flexibility index (Phi) is 2.49. The van der Waals surface area contributed by atoms with Gasteiger partial charge in [0.15, 0.2) is 5.79 Å². The topological polar surface area (TPSA) is 47.6 Å². The minimum Gasteiger partial charge on any atom is -0.352 e. The highest BCUT2D eigenvalue weighted by molar-refractivity contribution is 5.85. The summed E-state index contributed by atoms with van der Waals surface area (Å²) in [7, 11) is 0. The minimum atomic E-state index is -0.507. The first-order valence-corrected chi connectivity index (χ1v) is 5.17. The molecule has 14 heavy (non-hydrogen) atoms. The molecule has 2 saturated heterocycles. The first-order valence-electron chi connectivity index (χ1n) is 5.17. The van der Waals surface area contributed by atoms with Gasteiger partial charge in [-0.1, -0.05) is 0 Å². The van der Waals surface area contributed by atoms with Crippen LogP contribution in [0.15, 0.2) is 0 Å². The Hall–Kier alpha value is -0.610. The number of hydrogen-bond acceptors (Lipinski definition) is 3. The molecule has 2 rings (SSSR count). The first kappa shape index (κ1) is 9.93. The van der Waals surface area contributed by atoms with E-state index < -0.39 is 5.79 Å². The monoisotopic (exact) mass is 199 g/mol. The highest BCUT2D eigenvalue weighted by atomic mass is 16.7. The van der Waals surface area contributed by atoms with Crippen molar-refractivity contribution in [1.82, 2.24) is 5.32 Å². The Balaban J connectivity index is 1.95.